The molecule has 11 heteroatoms. The molecule has 0 aliphatic carbocycles. The second kappa shape index (κ2) is 10.0. The van der Waals surface area contributed by atoms with E-state index in [1.807, 2.05) is 13.0 Å². The number of methoxy groups -OCH3 is 1. The first kappa shape index (κ1) is 22.2. The third-order valence-corrected chi connectivity index (χ3v) is 5.35. The molecular formula is C20H22N4O6S. The third-order valence-electron chi connectivity index (χ3n) is 4.62. The SMILES string of the molecule is CCCC[C@@H](C(=O)Nc1nc(OC(=O)OC)cs1)N1C(=O)N[C@@H](c2ccccc2)C1=O. The maximum Gasteiger partial charge on any atom is 0.514 e. The summed E-state index contributed by atoms with van der Waals surface area (Å²) >= 11 is 1.03. The molecule has 1 saturated heterocycles. The molecule has 164 valence electrons. The van der Waals surface area contributed by atoms with Gasteiger partial charge in [0.25, 0.3) is 5.91 Å². The molecule has 10 nitrogen and oxygen atoms in total. The lowest BCUT2D eigenvalue weighted by atomic mass is 10.0. The van der Waals surface area contributed by atoms with E-state index in [-0.39, 0.29) is 11.0 Å². The van der Waals surface area contributed by atoms with Gasteiger partial charge >= 0.3 is 12.2 Å². The Morgan fingerprint density at radius 3 is 2.71 bits per heavy atom. The van der Waals surface area contributed by atoms with Gasteiger partial charge in [-0.05, 0) is 12.0 Å². The standard InChI is InChI=1S/C20H22N4O6S/c1-3-4-10-13(16(25)23-18-21-14(11-31-18)30-20(28)29-2)24-17(26)15(22-19(24)27)12-8-6-5-7-9-12/h5-9,11,13,15H,3-4,10H2,1-2H3,(H,22,27)(H,21,23,25)/t13-,15-/m0/s1. The molecule has 1 aromatic carbocycles. The summed E-state index contributed by atoms with van der Waals surface area (Å²) in [6.45, 7) is 1.95. The molecular weight excluding hydrogens is 424 g/mol. The van der Waals surface area contributed by atoms with Gasteiger partial charge in [0.15, 0.2) is 5.13 Å². The van der Waals surface area contributed by atoms with Crippen LogP contribution in [0.1, 0.15) is 37.8 Å². The van der Waals surface area contributed by atoms with Gasteiger partial charge < -0.3 is 20.1 Å². The number of anilines is 1. The van der Waals surface area contributed by atoms with Crippen LogP contribution < -0.4 is 15.4 Å². The second-order valence-electron chi connectivity index (χ2n) is 6.70. The minimum atomic E-state index is -1.00. The van der Waals surface area contributed by atoms with Gasteiger partial charge in [0, 0.05) is 0 Å². The van der Waals surface area contributed by atoms with Crippen LogP contribution in [0, 0.1) is 0 Å². The van der Waals surface area contributed by atoms with Crippen LogP contribution >= 0.6 is 11.3 Å². The Morgan fingerprint density at radius 1 is 1.29 bits per heavy atom. The lowest BCUT2D eigenvalue weighted by Crippen LogP contribution is -2.47. The summed E-state index contributed by atoms with van der Waals surface area (Å²) in [6, 6.07) is 6.37. The number of hydrogen-bond acceptors (Lipinski definition) is 8. The van der Waals surface area contributed by atoms with Crippen LogP contribution in [0.2, 0.25) is 0 Å². The number of unbranched alkanes of at least 4 members (excludes halogenated alkanes) is 1. The number of rotatable bonds is 8. The molecule has 0 unspecified atom stereocenters. The fraction of sp³-hybridized carbons (Fsp3) is 0.350. The summed E-state index contributed by atoms with van der Waals surface area (Å²) in [7, 11) is 1.16. The number of carbonyl (C=O) groups excluding carboxylic acids is 4. The Balaban J connectivity index is 1.76. The third kappa shape index (κ3) is 5.18. The largest absolute Gasteiger partial charge is 0.514 e. The smallest absolute Gasteiger partial charge is 0.437 e. The molecule has 0 bridgehead atoms. The zero-order valence-electron chi connectivity index (χ0n) is 17.0. The Kier molecular flexibility index (Phi) is 7.19. The Bertz CT molecular complexity index is 964. The van der Waals surface area contributed by atoms with Crippen molar-refractivity contribution in [3.63, 3.8) is 0 Å². The van der Waals surface area contributed by atoms with Crippen molar-refractivity contribution in [2.45, 2.75) is 38.3 Å². The van der Waals surface area contributed by atoms with Gasteiger partial charge in [-0.1, -0.05) is 50.1 Å². The summed E-state index contributed by atoms with van der Waals surface area (Å²) in [5, 5.41) is 6.84. The summed E-state index contributed by atoms with van der Waals surface area (Å²) < 4.78 is 9.20. The number of benzene rings is 1. The van der Waals surface area contributed by atoms with E-state index in [0.29, 0.717) is 18.4 Å². The van der Waals surface area contributed by atoms with E-state index in [9.17, 15) is 19.2 Å². The minimum absolute atomic E-state index is 0.0311. The highest BCUT2D eigenvalue weighted by molar-refractivity contribution is 7.14. The van der Waals surface area contributed by atoms with Gasteiger partial charge in [-0.15, -0.1) is 11.3 Å². The number of imide groups is 1. The molecule has 1 fully saturated rings. The van der Waals surface area contributed by atoms with Crippen LogP contribution in [0.3, 0.4) is 0 Å². The highest BCUT2D eigenvalue weighted by Gasteiger charge is 2.45. The molecule has 0 saturated carbocycles. The maximum atomic E-state index is 13.0. The Labute approximate surface area is 182 Å². The highest BCUT2D eigenvalue weighted by Crippen LogP contribution is 2.27. The van der Waals surface area contributed by atoms with Crippen LogP contribution in [0.15, 0.2) is 35.7 Å². The summed E-state index contributed by atoms with van der Waals surface area (Å²) in [5.74, 6) is -1.07. The fourth-order valence-electron chi connectivity index (χ4n) is 3.11. The number of hydrogen-bond donors (Lipinski definition) is 2. The zero-order chi connectivity index (χ0) is 22.4. The average molecular weight is 446 g/mol. The number of carbonyl (C=O) groups is 4. The van der Waals surface area contributed by atoms with E-state index in [0.717, 1.165) is 29.8 Å². The van der Waals surface area contributed by atoms with Gasteiger partial charge in [0.1, 0.15) is 12.1 Å². The summed E-state index contributed by atoms with van der Waals surface area (Å²) in [4.78, 5) is 54.7. The molecule has 2 heterocycles. The first-order valence-corrected chi connectivity index (χ1v) is 10.5. The van der Waals surface area contributed by atoms with E-state index < -0.39 is 36.1 Å². The number of nitrogens with one attached hydrogen (secondary N) is 2. The van der Waals surface area contributed by atoms with E-state index in [1.165, 1.54) is 5.38 Å². The van der Waals surface area contributed by atoms with Gasteiger partial charge in [0.2, 0.25) is 11.8 Å². The first-order valence-electron chi connectivity index (χ1n) is 9.65. The van der Waals surface area contributed by atoms with Crippen molar-refractivity contribution < 1.29 is 28.7 Å². The van der Waals surface area contributed by atoms with Gasteiger partial charge in [-0.25, -0.2) is 14.5 Å². The number of urea groups is 1. The molecule has 1 aromatic heterocycles. The van der Waals surface area contributed by atoms with E-state index >= 15 is 0 Å². The maximum absolute atomic E-state index is 13.0. The van der Waals surface area contributed by atoms with E-state index in [2.05, 4.69) is 20.4 Å². The van der Waals surface area contributed by atoms with Crippen molar-refractivity contribution in [3.8, 4) is 5.88 Å². The van der Waals surface area contributed by atoms with Crippen molar-refractivity contribution in [1.29, 1.82) is 0 Å². The Hall–Kier alpha value is -3.47. The predicted molar refractivity (Wildman–Crippen MR) is 112 cm³/mol. The normalized spacial score (nSPS) is 16.6. The first-order chi connectivity index (χ1) is 14.9. The summed E-state index contributed by atoms with van der Waals surface area (Å²) in [6.07, 6.45) is 0.791. The quantitative estimate of drug-likeness (QED) is 0.471. The van der Waals surface area contributed by atoms with Gasteiger partial charge in [0.05, 0.1) is 12.5 Å². The van der Waals surface area contributed by atoms with Crippen molar-refractivity contribution >= 4 is 40.5 Å². The molecule has 31 heavy (non-hydrogen) atoms. The van der Waals surface area contributed by atoms with Crippen molar-refractivity contribution in [2.75, 3.05) is 12.4 Å². The molecule has 2 aromatic rings. The topological polar surface area (TPSA) is 127 Å². The lowest BCUT2D eigenvalue weighted by Gasteiger charge is -2.24. The van der Waals surface area contributed by atoms with Gasteiger partial charge in [-0.2, -0.15) is 4.98 Å². The predicted octanol–water partition coefficient (Wildman–Crippen LogP) is 3.08. The van der Waals surface area contributed by atoms with Crippen LogP contribution in [0.25, 0.3) is 0 Å². The molecule has 1 aliphatic rings. The van der Waals surface area contributed by atoms with Gasteiger partial charge in [-0.3, -0.25) is 9.59 Å². The van der Waals surface area contributed by atoms with Crippen LogP contribution in [0.5, 0.6) is 5.88 Å². The number of amides is 4. The number of nitrogens with zero attached hydrogens (tertiary/aromatic N) is 2. The molecule has 2 atom stereocenters. The number of ether oxygens (including phenoxy) is 2. The lowest BCUT2D eigenvalue weighted by molar-refractivity contribution is -0.134. The second-order valence-corrected chi connectivity index (χ2v) is 7.55. The molecule has 0 radical (unpaired) electrons. The molecule has 0 spiro atoms. The van der Waals surface area contributed by atoms with Crippen LogP contribution in [-0.2, 0) is 14.3 Å². The average Bonchev–Trinajstić information content (AvgIpc) is 3.32. The van der Waals surface area contributed by atoms with Crippen LogP contribution in [-0.4, -0.2) is 47.0 Å². The van der Waals surface area contributed by atoms with Crippen molar-refractivity contribution in [1.82, 2.24) is 15.2 Å². The van der Waals surface area contributed by atoms with Crippen LogP contribution in [0.4, 0.5) is 14.7 Å². The fourth-order valence-corrected chi connectivity index (χ4v) is 3.73. The molecule has 1 aliphatic heterocycles. The zero-order valence-corrected chi connectivity index (χ0v) is 17.8. The van der Waals surface area contributed by atoms with Crippen molar-refractivity contribution in [2.24, 2.45) is 0 Å². The molecule has 2 N–H and O–H groups in total. The Morgan fingerprint density at radius 2 is 2.03 bits per heavy atom. The van der Waals surface area contributed by atoms with E-state index in [1.54, 1.807) is 24.3 Å². The number of thiazole rings is 1. The molecule has 4 amide bonds. The summed E-state index contributed by atoms with van der Waals surface area (Å²) in [5.41, 5.74) is 0.641. The van der Waals surface area contributed by atoms with Crippen molar-refractivity contribution in [3.05, 3.63) is 41.3 Å². The monoisotopic (exact) mass is 446 g/mol. The highest BCUT2D eigenvalue weighted by atomic mass is 32.1. The van der Waals surface area contributed by atoms with E-state index in [4.69, 9.17) is 4.74 Å². The number of aromatic nitrogens is 1. The molecule has 3 rings (SSSR count). The minimum Gasteiger partial charge on any atom is -0.437 e.